The van der Waals surface area contributed by atoms with Gasteiger partial charge in [0.05, 0.1) is 11.1 Å². The molecule has 0 saturated carbocycles. The van der Waals surface area contributed by atoms with Gasteiger partial charge in [-0.3, -0.25) is 9.98 Å². The molecule has 40 heavy (non-hydrogen) atoms. The molecular formula is C32H48N5Si2Yb. The minimum Gasteiger partial charge on any atom is -0.668 e. The number of para-hydroxylation sites is 2. The van der Waals surface area contributed by atoms with E-state index in [9.17, 15) is 0 Å². The second-order valence-corrected chi connectivity index (χ2v) is 23.4. The topological polar surface area (TPSA) is 67.0 Å². The quantitative estimate of drug-likeness (QED) is 0.155. The molecule has 4 rings (SSSR count). The van der Waals surface area contributed by atoms with E-state index in [1.807, 2.05) is 48.8 Å². The zero-order valence-electron chi connectivity index (χ0n) is 26.4. The van der Waals surface area contributed by atoms with Crippen LogP contribution in [0.2, 0.25) is 39.3 Å². The first kappa shape index (κ1) is 36.8. The maximum atomic E-state index is 4.82. The molecule has 0 aliphatic carbocycles. The summed E-state index contributed by atoms with van der Waals surface area (Å²) in [7, 11) is -2.21. The van der Waals surface area contributed by atoms with Gasteiger partial charge >= 0.3 is 46.9 Å². The SMILES string of the molecule is CC(C)(C)N=Cc1cc2ccccc2[n-]1.CC(C)(C)N=Cc1cc2ccccc2[n-]1.C[Si](C)(C)[N-][Si](C)(C)C.[Yb+3]. The van der Waals surface area contributed by atoms with Gasteiger partial charge in [0.2, 0.25) is 0 Å². The molecule has 2 aromatic carbocycles. The molecule has 0 atom stereocenters. The number of hydrogen-bond donors (Lipinski definition) is 0. The summed E-state index contributed by atoms with van der Waals surface area (Å²) in [6, 6.07) is 20.3. The van der Waals surface area contributed by atoms with Crippen LogP contribution in [0.3, 0.4) is 0 Å². The van der Waals surface area contributed by atoms with Crippen molar-refractivity contribution in [3.63, 3.8) is 0 Å². The number of fused-ring (bicyclic) bond motifs is 2. The predicted octanol–water partition coefficient (Wildman–Crippen LogP) is 9.06. The van der Waals surface area contributed by atoms with Gasteiger partial charge in [0, 0.05) is 12.4 Å². The number of nitrogens with zero attached hydrogens (tertiary/aromatic N) is 5. The van der Waals surface area contributed by atoms with E-state index in [0.29, 0.717) is 0 Å². The average molecular weight is 732 g/mol. The van der Waals surface area contributed by atoms with E-state index in [-0.39, 0.29) is 58.0 Å². The summed E-state index contributed by atoms with van der Waals surface area (Å²) < 4.78 is 4.82. The minimum absolute atomic E-state index is 0. The van der Waals surface area contributed by atoms with Crippen LogP contribution in [0, 0.1) is 46.9 Å². The molecule has 0 amide bonds. The number of rotatable bonds is 4. The Morgan fingerprint density at radius 1 is 0.600 bits per heavy atom. The third-order valence-corrected chi connectivity index (χ3v) is 10.2. The van der Waals surface area contributed by atoms with E-state index < -0.39 is 16.5 Å². The van der Waals surface area contributed by atoms with E-state index in [2.05, 4.69) is 125 Å². The van der Waals surface area contributed by atoms with Crippen molar-refractivity contribution in [3.8, 4) is 0 Å². The zero-order valence-corrected chi connectivity index (χ0v) is 30.1. The van der Waals surface area contributed by atoms with Crippen molar-refractivity contribution in [1.29, 1.82) is 0 Å². The largest absolute Gasteiger partial charge is 3.00 e. The van der Waals surface area contributed by atoms with Crippen molar-refractivity contribution in [2.45, 2.75) is 91.9 Å². The van der Waals surface area contributed by atoms with Crippen LogP contribution in [0.25, 0.3) is 26.5 Å². The smallest absolute Gasteiger partial charge is 0.668 e. The van der Waals surface area contributed by atoms with Crippen LogP contribution >= 0.6 is 0 Å². The third kappa shape index (κ3) is 15.7. The van der Waals surface area contributed by atoms with Gasteiger partial charge in [-0.05, 0) is 52.3 Å². The fourth-order valence-electron chi connectivity index (χ4n) is 3.74. The third-order valence-electron chi connectivity index (χ3n) is 4.82. The Kier molecular flexibility index (Phi) is 14.1. The maximum Gasteiger partial charge on any atom is 3.00 e. The summed E-state index contributed by atoms with van der Waals surface area (Å²) in [5, 5.41) is 2.35. The molecule has 0 fully saturated rings. The predicted molar refractivity (Wildman–Crippen MR) is 179 cm³/mol. The number of benzene rings is 2. The summed E-state index contributed by atoms with van der Waals surface area (Å²) in [5.41, 5.74) is 3.87. The summed E-state index contributed by atoms with van der Waals surface area (Å²) in [4.78, 5) is 17.8. The van der Waals surface area contributed by atoms with Crippen LogP contribution in [0.4, 0.5) is 0 Å². The van der Waals surface area contributed by atoms with Crippen molar-refractivity contribution in [1.82, 2.24) is 9.97 Å². The molecular weight excluding hydrogens is 684 g/mol. The Balaban J connectivity index is 0.000000308. The van der Waals surface area contributed by atoms with Crippen molar-refractivity contribution >= 4 is 50.7 Å². The molecule has 2 aromatic heterocycles. The van der Waals surface area contributed by atoms with Gasteiger partial charge in [0.25, 0.3) is 0 Å². The van der Waals surface area contributed by atoms with Gasteiger partial charge in [-0.25, -0.2) is 0 Å². The standard InChI is InChI=1S/2C13H15N2.C6H18NSi2.Yb/c2*1-13(2,3)14-9-11-8-10-6-4-5-7-12(10)15-11;1-8(2,3)7-9(4,5)6;/h2*4-9H,1-3H3;1-6H3;/q3*-1;+3. The van der Waals surface area contributed by atoms with Gasteiger partial charge in [-0.1, -0.05) is 116 Å². The van der Waals surface area contributed by atoms with Gasteiger partial charge in [0.15, 0.2) is 0 Å². The van der Waals surface area contributed by atoms with Crippen LogP contribution in [0.1, 0.15) is 52.9 Å². The summed E-state index contributed by atoms with van der Waals surface area (Å²) >= 11 is 0. The molecule has 8 heteroatoms. The molecule has 0 bridgehead atoms. The Labute approximate surface area is 283 Å². The van der Waals surface area contributed by atoms with Gasteiger partial charge in [-0.15, -0.1) is 22.4 Å². The molecule has 2 heterocycles. The first-order chi connectivity index (χ1) is 17.8. The molecule has 0 aliphatic rings. The molecule has 1 radical (unpaired) electrons. The molecule has 0 N–H and O–H groups in total. The Bertz CT molecular complexity index is 1200. The van der Waals surface area contributed by atoms with Crippen LogP contribution in [-0.2, 0) is 0 Å². The first-order valence-electron chi connectivity index (χ1n) is 13.7. The van der Waals surface area contributed by atoms with Crippen LogP contribution in [0.5, 0.6) is 0 Å². The minimum atomic E-state index is -1.11. The fourth-order valence-corrected chi connectivity index (χ4v) is 11.8. The monoisotopic (exact) mass is 732 g/mol. The zero-order chi connectivity index (χ0) is 29.5. The molecule has 0 saturated heterocycles. The normalized spacial score (nSPS) is 12.7. The van der Waals surface area contributed by atoms with E-state index in [1.54, 1.807) is 0 Å². The van der Waals surface area contributed by atoms with Crippen LogP contribution in [0.15, 0.2) is 70.6 Å². The Morgan fingerprint density at radius 3 is 1.18 bits per heavy atom. The summed E-state index contributed by atoms with van der Waals surface area (Å²) in [6.07, 6.45) is 3.69. The van der Waals surface area contributed by atoms with Crippen molar-refractivity contribution in [3.05, 3.63) is 76.7 Å². The second-order valence-electron chi connectivity index (χ2n) is 13.8. The number of aliphatic imine (C=N–C) groups is 2. The number of hydrogen-bond acceptors (Lipinski definition) is 2. The van der Waals surface area contributed by atoms with E-state index in [4.69, 9.17) is 4.65 Å². The summed E-state index contributed by atoms with van der Waals surface area (Å²) in [6.45, 7) is 26.2. The van der Waals surface area contributed by atoms with Gasteiger partial charge in [-0.2, -0.15) is 0 Å². The molecule has 4 aromatic rings. The Hall–Kier alpha value is -1.23. The van der Waals surface area contributed by atoms with Crippen molar-refractivity contribution in [2.75, 3.05) is 0 Å². The van der Waals surface area contributed by atoms with E-state index in [1.165, 1.54) is 10.8 Å². The molecule has 0 aliphatic heterocycles. The Morgan fingerprint density at radius 2 is 0.925 bits per heavy atom. The van der Waals surface area contributed by atoms with E-state index >= 15 is 0 Å². The van der Waals surface area contributed by atoms with Gasteiger partial charge in [0.1, 0.15) is 0 Å². The second kappa shape index (κ2) is 15.3. The maximum absolute atomic E-state index is 4.82. The van der Waals surface area contributed by atoms with E-state index in [0.717, 1.165) is 22.4 Å². The first-order valence-corrected chi connectivity index (χ1v) is 20.6. The van der Waals surface area contributed by atoms with Crippen molar-refractivity contribution < 1.29 is 46.9 Å². The molecule has 5 nitrogen and oxygen atoms in total. The molecule has 0 spiro atoms. The van der Waals surface area contributed by atoms with Crippen LogP contribution in [-0.4, -0.2) is 40.0 Å². The van der Waals surface area contributed by atoms with Crippen molar-refractivity contribution in [2.24, 2.45) is 9.98 Å². The summed E-state index contributed by atoms with van der Waals surface area (Å²) in [5.74, 6) is 0. The van der Waals surface area contributed by atoms with Crippen LogP contribution < -0.4 is 9.97 Å². The average Bonchev–Trinajstić information content (AvgIpc) is 3.37. The fraction of sp³-hybridized carbons (Fsp3) is 0.438. The molecule has 0 unspecified atom stereocenters. The number of aromatic nitrogens is 2. The van der Waals surface area contributed by atoms with Gasteiger partial charge < -0.3 is 14.6 Å². The molecule has 223 valence electrons.